The fourth-order valence-corrected chi connectivity index (χ4v) is 7.31. The molecule has 3 aromatic rings. The molecule has 0 bridgehead atoms. The maximum Gasteiger partial charge on any atom is 0.243 e. The smallest absolute Gasteiger partial charge is 0.243 e. The highest BCUT2D eigenvalue weighted by Crippen LogP contribution is 2.36. The zero-order valence-electron chi connectivity index (χ0n) is 25.3. The summed E-state index contributed by atoms with van der Waals surface area (Å²) in [4.78, 5) is 46.1. The molecule has 2 saturated heterocycles. The Morgan fingerprint density at radius 3 is 2.33 bits per heavy atom. The average Bonchev–Trinajstić information content (AvgIpc) is 3.39. The number of piperazine rings is 1. The van der Waals surface area contributed by atoms with Gasteiger partial charge in [-0.15, -0.1) is 11.3 Å². The number of hydrogen-bond acceptors (Lipinski definition) is 11. The van der Waals surface area contributed by atoms with Gasteiger partial charge in [0.25, 0.3) is 0 Å². The Labute approximate surface area is 256 Å². The van der Waals surface area contributed by atoms with Gasteiger partial charge in [-0.25, -0.2) is 22.7 Å². The summed E-state index contributed by atoms with van der Waals surface area (Å²) in [5.41, 5.74) is 3.30. The predicted octanol–water partition coefficient (Wildman–Crippen LogP) is 2.84. The molecule has 5 heterocycles. The fraction of sp³-hybridized carbons (Fsp3) is 0.552. The number of thiophene rings is 1. The summed E-state index contributed by atoms with van der Waals surface area (Å²) in [7, 11) is -3.89. The lowest BCUT2D eigenvalue weighted by atomic mass is 10.1. The van der Waals surface area contributed by atoms with Crippen LogP contribution in [0.2, 0.25) is 0 Å². The molecule has 14 heteroatoms. The maximum atomic E-state index is 12.9. The van der Waals surface area contributed by atoms with Gasteiger partial charge in [-0.3, -0.25) is 19.5 Å². The number of pyridine rings is 1. The zero-order chi connectivity index (χ0) is 30.9. The standard InChI is InChI=1S/C29H39N7O5S2/c1-19(2)27(37)34-8-6-33(7-9-34)17-22-18-42-26-24(31-29(32-25(22)26)35-10-12-41-13-11-35)21-14-23(16-30-15-21)36(43(5,39)40)28(38)20(3)4/h14-16,18-20H,6-13,17H2,1-5H3. The minimum atomic E-state index is -3.89. The number of carbonyl (C=O) groups is 2. The second-order valence-corrected chi connectivity index (χ2v) is 14.3. The van der Waals surface area contributed by atoms with E-state index >= 15 is 0 Å². The third kappa shape index (κ3) is 6.82. The molecular formula is C29H39N7O5S2. The van der Waals surface area contributed by atoms with Crippen molar-refractivity contribution in [1.29, 1.82) is 0 Å². The number of ether oxygens (including phenoxy) is 1. The summed E-state index contributed by atoms with van der Waals surface area (Å²) in [5.74, 6) is -0.309. The van der Waals surface area contributed by atoms with E-state index in [1.807, 2.05) is 18.7 Å². The number of rotatable bonds is 8. The zero-order valence-corrected chi connectivity index (χ0v) is 26.9. The average molecular weight is 630 g/mol. The highest BCUT2D eigenvalue weighted by molar-refractivity contribution is 7.92. The van der Waals surface area contributed by atoms with E-state index in [1.54, 1.807) is 26.1 Å². The van der Waals surface area contributed by atoms with E-state index in [0.29, 0.717) is 63.1 Å². The minimum absolute atomic E-state index is 0.0119. The molecule has 2 fully saturated rings. The molecular weight excluding hydrogens is 590 g/mol. The second kappa shape index (κ2) is 12.8. The fourth-order valence-electron chi connectivity index (χ4n) is 5.28. The van der Waals surface area contributed by atoms with Crippen LogP contribution < -0.4 is 9.21 Å². The van der Waals surface area contributed by atoms with Crippen LogP contribution in [0.3, 0.4) is 0 Å². The van der Waals surface area contributed by atoms with Gasteiger partial charge in [0, 0.05) is 75.0 Å². The van der Waals surface area contributed by atoms with Crippen molar-refractivity contribution < 1.29 is 22.7 Å². The van der Waals surface area contributed by atoms with E-state index in [0.717, 1.165) is 39.4 Å². The predicted molar refractivity (Wildman–Crippen MR) is 168 cm³/mol. The number of morpholine rings is 1. The van der Waals surface area contributed by atoms with E-state index in [2.05, 4.69) is 20.2 Å². The van der Waals surface area contributed by atoms with Crippen LogP contribution in [0.1, 0.15) is 33.3 Å². The number of fused-ring (bicyclic) bond motifs is 1. The molecule has 2 amide bonds. The lowest BCUT2D eigenvalue weighted by molar-refractivity contribution is -0.136. The molecule has 2 aliphatic heterocycles. The summed E-state index contributed by atoms with van der Waals surface area (Å²) < 4.78 is 32.6. The van der Waals surface area contributed by atoms with Gasteiger partial charge in [0.2, 0.25) is 27.8 Å². The van der Waals surface area contributed by atoms with Crippen LogP contribution in [0.5, 0.6) is 0 Å². The van der Waals surface area contributed by atoms with Gasteiger partial charge in [0.1, 0.15) is 0 Å². The van der Waals surface area contributed by atoms with Gasteiger partial charge < -0.3 is 14.5 Å². The normalized spacial score (nSPS) is 16.8. The number of sulfonamides is 1. The van der Waals surface area contributed by atoms with Crippen molar-refractivity contribution in [2.24, 2.45) is 11.8 Å². The summed E-state index contributed by atoms with van der Waals surface area (Å²) in [6.45, 7) is 13.3. The van der Waals surface area contributed by atoms with Crippen LogP contribution in [0.25, 0.3) is 21.5 Å². The van der Waals surface area contributed by atoms with Crippen molar-refractivity contribution in [3.63, 3.8) is 0 Å². The molecule has 43 heavy (non-hydrogen) atoms. The Balaban J connectivity index is 1.53. The Kier molecular flexibility index (Phi) is 9.30. The van der Waals surface area contributed by atoms with Crippen LogP contribution in [0.15, 0.2) is 23.8 Å². The largest absolute Gasteiger partial charge is 0.378 e. The first kappa shape index (κ1) is 31.2. The summed E-state index contributed by atoms with van der Waals surface area (Å²) in [5, 5.41) is 2.10. The van der Waals surface area contributed by atoms with Gasteiger partial charge in [-0.2, -0.15) is 0 Å². The molecule has 0 saturated carbocycles. The van der Waals surface area contributed by atoms with E-state index in [1.165, 1.54) is 17.5 Å². The first-order chi connectivity index (χ1) is 20.4. The van der Waals surface area contributed by atoms with Gasteiger partial charge in [0.15, 0.2) is 0 Å². The molecule has 12 nitrogen and oxygen atoms in total. The van der Waals surface area contributed by atoms with Crippen molar-refractivity contribution in [3.8, 4) is 11.3 Å². The Morgan fingerprint density at radius 2 is 1.70 bits per heavy atom. The summed E-state index contributed by atoms with van der Waals surface area (Å²) in [6.07, 6.45) is 4.04. The van der Waals surface area contributed by atoms with Crippen molar-refractivity contribution in [2.75, 3.05) is 67.9 Å². The van der Waals surface area contributed by atoms with Crippen molar-refractivity contribution >= 4 is 55.0 Å². The summed E-state index contributed by atoms with van der Waals surface area (Å²) >= 11 is 1.53. The molecule has 0 unspecified atom stereocenters. The van der Waals surface area contributed by atoms with Crippen LogP contribution in [-0.2, 0) is 30.9 Å². The van der Waals surface area contributed by atoms with Gasteiger partial charge >= 0.3 is 0 Å². The number of hydrogen-bond donors (Lipinski definition) is 0. The van der Waals surface area contributed by atoms with Crippen LogP contribution in [-0.4, -0.2) is 104 Å². The van der Waals surface area contributed by atoms with Crippen LogP contribution in [0, 0.1) is 11.8 Å². The van der Waals surface area contributed by atoms with Crippen molar-refractivity contribution in [3.05, 3.63) is 29.4 Å². The summed E-state index contributed by atoms with van der Waals surface area (Å²) in [6, 6.07) is 1.66. The number of amides is 2. The monoisotopic (exact) mass is 629 g/mol. The van der Waals surface area contributed by atoms with Crippen molar-refractivity contribution in [2.45, 2.75) is 34.2 Å². The third-order valence-corrected chi connectivity index (χ3v) is 9.68. The number of carbonyl (C=O) groups excluding carboxylic acids is 2. The Hall–Kier alpha value is -3.20. The van der Waals surface area contributed by atoms with Crippen LogP contribution in [0.4, 0.5) is 11.6 Å². The quantitative estimate of drug-likeness (QED) is 0.367. The first-order valence-electron chi connectivity index (χ1n) is 14.6. The van der Waals surface area contributed by atoms with Crippen molar-refractivity contribution in [1.82, 2.24) is 24.8 Å². The lowest BCUT2D eigenvalue weighted by Gasteiger charge is -2.35. The number of aromatic nitrogens is 3. The molecule has 0 atom stereocenters. The van der Waals surface area contributed by atoms with Gasteiger partial charge in [-0.05, 0) is 11.4 Å². The van der Waals surface area contributed by atoms with Gasteiger partial charge in [-0.1, -0.05) is 27.7 Å². The third-order valence-electron chi connectivity index (χ3n) is 7.60. The van der Waals surface area contributed by atoms with E-state index in [9.17, 15) is 18.0 Å². The molecule has 0 aliphatic carbocycles. The highest BCUT2D eigenvalue weighted by Gasteiger charge is 2.29. The van der Waals surface area contributed by atoms with E-state index < -0.39 is 21.8 Å². The minimum Gasteiger partial charge on any atom is -0.378 e. The van der Waals surface area contributed by atoms with Gasteiger partial charge in [0.05, 0.1) is 47.3 Å². The Bertz CT molecular complexity index is 1590. The molecule has 0 spiro atoms. The molecule has 0 aromatic carbocycles. The molecule has 5 rings (SSSR count). The molecule has 0 N–H and O–H groups in total. The maximum absolute atomic E-state index is 12.9. The number of anilines is 2. The van der Waals surface area contributed by atoms with E-state index in [-0.39, 0.29) is 17.5 Å². The molecule has 232 valence electrons. The topological polar surface area (TPSA) is 129 Å². The first-order valence-corrected chi connectivity index (χ1v) is 17.3. The van der Waals surface area contributed by atoms with E-state index in [4.69, 9.17) is 14.7 Å². The molecule has 2 aliphatic rings. The Morgan fingerprint density at radius 1 is 1.00 bits per heavy atom. The lowest BCUT2D eigenvalue weighted by Crippen LogP contribution is -2.49. The SMILES string of the molecule is CC(C)C(=O)N1CCN(Cc2csc3c(-c4cncc(N(C(=O)C(C)C)S(C)(=O)=O)c4)nc(N4CCOCC4)nc23)CC1. The van der Waals surface area contributed by atoms with Crippen LogP contribution >= 0.6 is 11.3 Å². The number of nitrogens with zero attached hydrogens (tertiary/aromatic N) is 7. The molecule has 0 radical (unpaired) electrons. The molecule has 3 aromatic heterocycles. The highest BCUT2D eigenvalue weighted by atomic mass is 32.2. The second-order valence-electron chi connectivity index (χ2n) is 11.6.